The lowest BCUT2D eigenvalue weighted by Gasteiger charge is -2.25. The largest absolute Gasteiger partial charge is 0.494 e. The first kappa shape index (κ1) is 47.6. The third kappa shape index (κ3) is 17.8. The molecule has 0 unspecified atom stereocenters. The second-order valence-electron chi connectivity index (χ2n) is 17.8. The molecular formula is C59H78O2. The Hall–Kier alpha value is -4.40. The van der Waals surface area contributed by atoms with E-state index in [4.69, 9.17) is 9.47 Å². The van der Waals surface area contributed by atoms with Crippen LogP contribution in [0, 0.1) is 47.4 Å². The molecule has 326 valence electrons. The van der Waals surface area contributed by atoms with Gasteiger partial charge in [0.25, 0.3) is 0 Å². The van der Waals surface area contributed by atoms with Crippen LogP contribution < -0.4 is 9.47 Å². The quantitative estimate of drug-likeness (QED) is 0.0693. The van der Waals surface area contributed by atoms with E-state index in [0.29, 0.717) is 25.0 Å². The summed E-state index contributed by atoms with van der Waals surface area (Å²) < 4.78 is 11.1. The van der Waals surface area contributed by atoms with Crippen molar-refractivity contribution in [1.29, 1.82) is 0 Å². The Kier molecular flexibility index (Phi) is 22.1. The summed E-state index contributed by atoms with van der Waals surface area (Å²) in [4.78, 5) is 0. The molecule has 6 rings (SSSR count). The smallest absolute Gasteiger partial charge is 0.119 e. The Balaban J connectivity index is 0.000000231. The molecule has 0 amide bonds. The molecule has 2 saturated carbocycles. The Morgan fingerprint density at radius 2 is 0.689 bits per heavy atom. The average Bonchev–Trinajstić information content (AvgIpc) is 3.31. The zero-order valence-corrected chi connectivity index (χ0v) is 38.6. The second kappa shape index (κ2) is 28.2. The molecular weight excluding hydrogens is 741 g/mol. The van der Waals surface area contributed by atoms with Gasteiger partial charge in [0.15, 0.2) is 0 Å². The molecule has 2 heteroatoms. The molecule has 2 fully saturated rings. The molecule has 0 N–H and O–H groups in total. The van der Waals surface area contributed by atoms with Gasteiger partial charge in [-0.05, 0) is 148 Å². The number of hydrogen-bond acceptors (Lipinski definition) is 2. The number of hydrogen-bond donors (Lipinski definition) is 0. The Morgan fingerprint density at radius 3 is 1.02 bits per heavy atom. The summed E-state index contributed by atoms with van der Waals surface area (Å²) in [5.41, 5.74) is 7.14. The number of benzene rings is 4. The topological polar surface area (TPSA) is 18.5 Å². The SMILES string of the molecule is CCCCCCCC1CCC(C#Cc2ccc(-c3ccc(OCC)cc3)cc2)CC1.CCCCCCCCC1CCC(C#Cc2ccc(-c3ccc(OCC)cc3)cc2)CC1. The van der Waals surface area contributed by atoms with Crippen LogP contribution in [0.25, 0.3) is 22.3 Å². The average molecular weight is 819 g/mol. The van der Waals surface area contributed by atoms with Crippen LogP contribution in [0.2, 0.25) is 0 Å². The third-order valence-electron chi connectivity index (χ3n) is 13.0. The lowest BCUT2D eigenvalue weighted by atomic mass is 9.80. The summed E-state index contributed by atoms with van der Waals surface area (Å²) in [5.74, 6) is 18.9. The van der Waals surface area contributed by atoms with Crippen LogP contribution in [0.4, 0.5) is 0 Å². The molecule has 4 aromatic rings. The lowest BCUT2D eigenvalue weighted by Crippen LogP contribution is -2.13. The maximum absolute atomic E-state index is 5.53. The van der Waals surface area contributed by atoms with Crippen LogP contribution in [-0.4, -0.2) is 13.2 Å². The minimum atomic E-state index is 0.589. The van der Waals surface area contributed by atoms with E-state index in [1.54, 1.807) is 0 Å². The van der Waals surface area contributed by atoms with E-state index in [9.17, 15) is 0 Å². The molecule has 0 heterocycles. The van der Waals surface area contributed by atoms with E-state index in [0.717, 1.165) is 34.5 Å². The molecule has 4 aromatic carbocycles. The molecule has 0 radical (unpaired) electrons. The number of unbranched alkanes of at least 4 members (excludes halogenated alkanes) is 9. The van der Waals surface area contributed by atoms with Gasteiger partial charge in [-0.3, -0.25) is 0 Å². The van der Waals surface area contributed by atoms with Gasteiger partial charge in [0.2, 0.25) is 0 Å². The molecule has 0 atom stereocenters. The summed E-state index contributed by atoms with van der Waals surface area (Å²) in [6.07, 6.45) is 29.1. The molecule has 0 saturated heterocycles. The molecule has 0 spiro atoms. The first-order valence-corrected chi connectivity index (χ1v) is 24.8. The highest BCUT2D eigenvalue weighted by Crippen LogP contribution is 2.33. The second-order valence-corrected chi connectivity index (χ2v) is 17.8. The summed E-state index contributed by atoms with van der Waals surface area (Å²) in [7, 11) is 0. The summed E-state index contributed by atoms with van der Waals surface area (Å²) in [6.45, 7) is 10.0. The fourth-order valence-electron chi connectivity index (χ4n) is 9.12. The van der Waals surface area contributed by atoms with Gasteiger partial charge in [-0.25, -0.2) is 0 Å². The highest BCUT2D eigenvalue weighted by molar-refractivity contribution is 5.66. The van der Waals surface area contributed by atoms with Gasteiger partial charge in [0.05, 0.1) is 13.2 Å². The first-order valence-electron chi connectivity index (χ1n) is 24.8. The van der Waals surface area contributed by atoms with E-state index in [1.807, 2.05) is 38.1 Å². The predicted molar refractivity (Wildman–Crippen MR) is 262 cm³/mol. The maximum atomic E-state index is 5.53. The highest BCUT2D eigenvalue weighted by Gasteiger charge is 2.20. The summed E-state index contributed by atoms with van der Waals surface area (Å²) in [6, 6.07) is 33.9. The van der Waals surface area contributed by atoms with Crippen molar-refractivity contribution in [1.82, 2.24) is 0 Å². The number of rotatable bonds is 19. The third-order valence-corrected chi connectivity index (χ3v) is 13.0. The molecule has 2 aliphatic rings. The summed E-state index contributed by atoms with van der Waals surface area (Å²) >= 11 is 0. The fourth-order valence-corrected chi connectivity index (χ4v) is 9.12. The normalized spacial score (nSPS) is 18.4. The standard InChI is InChI=1S/C30H40O.C29H38O/c1-3-5-6-7-8-9-10-25-11-13-26(14-12-25)15-16-27-17-19-28(20-18-27)29-21-23-30(24-22-29)31-4-2;1-3-5-6-7-8-9-24-10-12-25(13-11-24)14-15-26-16-18-27(19-17-26)28-20-22-29(23-21-28)30-4-2/h17-26H,3-14H2,1-2H3;16-25H,3-13H2,1-2H3. The van der Waals surface area contributed by atoms with Crippen LogP contribution in [0.15, 0.2) is 97.1 Å². The first-order chi connectivity index (χ1) is 30.1. The zero-order chi connectivity index (χ0) is 42.7. The molecule has 0 bridgehead atoms. The Labute approximate surface area is 373 Å². The molecule has 0 aromatic heterocycles. The van der Waals surface area contributed by atoms with E-state index in [1.165, 1.54) is 157 Å². The van der Waals surface area contributed by atoms with Gasteiger partial charge in [-0.2, -0.15) is 0 Å². The van der Waals surface area contributed by atoms with Gasteiger partial charge in [0, 0.05) is 23.0 Å². The molecule has 61 heavy (non-hydrogen) atoms. The lowest BCUT2D eigenvalue weighted by molar-refractivity contribution is 0.293. The maximum Gasteiger partial charge on any atom is 0.119 e. The van der Waals surface area contributed by atoms with E-state index in [-0.39, 0.29) is 0 Å². The van der Waals surface area contributed by atoms with Gasteiger partial charge < -0.3 is 9.47 Å². The fraction of sp³-hybridized carbons (Fsp3) is 0.525. The van der Waals surface area contributed by atoms with Gasteiger partial charge in [-0.1, -0.05) is 170 Å². The van der Waals surface area contributed by atoms with Crippen LogP contribution in [0.3, 0.4) is 0 Å². The highest BCUT2D eigenvalue weighted by atomic mass is 16.5. The molecule has 0 aliphatic heterocycles. The minimum absolute atomic E-state index is 0.589. The van der Waals surface area contributed by atoms with Crippen LogP contribution in [0.5, 0.6) is 11.5 Å². The number of ether oxygens (including phenoxy) is 2. The predicted octanol–water partition coefficient (Wildman–Crippen LogP) is 16.9. The van der Waals surface area contributed by atoms with Crippen molar-refractivity contribution in [2.75, 3.05) is 13.2 Å². The monoisotopic (exact) mass is 819 g/mol. The Morgan fingerprint density at radius 1 is 0.377 bits per heavy atom. The minimum Gasteiger partial charge on any atom is -0.494 e. The van der Waals surface area contributed by atoms with Gasteiger partial charge >= 0.3 is 0 Å². The van der Waals surface area contributed by atoms with Crippen LogP contribution >= 0.6 is 0 Å². The van der Waals surface area contributed by atoms with Crippen molar-refractivity contribution in [3.8, 4) is 57.4 Å². The van der Waals surface area contributed by atoms with E-state index >= 15 is 0 Å². The van der Waals surface area contributed by atoms with Crippen LogP contribution in [-0.2, 0) is 0 Å². The van der Waals surface area contributed by atoms with E-state index in [2.05, 4.69) is 110 Å². The Bertz CT molecular complexity index is 1870. The van der Waals surface area contributed by atoms with Gasteiger partial charge in [-0.15, -0.1) is 0 Å². The molecule has 2 aliphatic carbocycles. The van der Waals surface area contributed by atoms with Crippen molar-refractivity contribution >= 4 is 0 Å². The van der Waals surface area contributed by atoms with Crippen molar-refractivity contribution in [2.24, 2.45) is 23.7 Å². The molecule has 2 nitrogen and oxygen atoms in total. The van der Waals surface area contributed by atoms with Crippen molar-refractivity contribution in [2.45, 2.75) is 163 Å². The van der Waals surface area contributed by atoms with Crippen LogP contribution in [0.1, 0.15) is 174 Å². The van der Waals surface area contributed by atoms with Crippen molar-refractivity contribution < 1.29 is 9.47 Å². The van der Waals surface area contributed by atoms with Crippen molar-refractivity contribution in [3.05, 3.63) is 108 Å². The zero-order valence-electron chi connectivity index (χ0n) is 38.6. The van der Waals surface area contributed by atoms with E-state index < -0.39 is 0 Å². The van der Waals surface area contributed by atoms with Crippen molar-refractivity contribution in [3.63, 3.8) is 0 Å². The summed E-state index contributed by atoms with van der Waals surface area (Å²) in [5, 5.41) is 0. The van der Waals surface area contributed by atoms with Gasteiger partial charge in [0.1, 0.15) is 11.5 Å².